The molecule has 2 rings (SSSR count). The molecule has 4 nitrogen and oxygen atoms in total. The number of rotatable bonds is 5. The average Bonchev–Trinajstić information content (AvgIpc) is 2.99. The van der Waals surface area contributed by atoms with Crippen molar-refractivity contribution >= 4 is 6.09 Å². The Kier molecular flexibility index (Phi) is 4.71. The maximum Gasteiger partial charge on any atom is 0.407 e. The Balaban J connectivity index is 1.74. The van der Waals surface area contributed by atoms with Crippen LogP contribution in [-0.2, 0) is 4.74 Å². The lowest BCUT2D eigenvalue weighted by Gasteiger charge is -2.25. The second-order valence-electron chi connectivity index (χ2n) is 6.98. The van der Waals surface area contributed by atoms with Crippen molar-refractivity contribution in [2.24, 2.45) is 5.92 Å². The highest BCUT2D eigenvalue weighted by molar-refractivity contribution is 5.68. The van der Waals surface area contributed by atoms with Gasteiger partial charge in [0.1, 0.15) is 5.60 Å². The SMILES string of the molecule is CC(C)(C)OC(=O)NC(CNC1CCCC1)C1CC1. The Bertz CT molecular complexity index is 302. The fourth-order valence-corrected chi connectivity index (χ4v) is 2.72. The van der Waals surface area contributed by atoms with E-state index in [1.54, 1.807) is 0 Å². The summed E-state index contributed by atoms with van der Waals surface area (Å²) < 4.78 is 5.34. The van der Waals surface area contributed by atoms with E-state index in [1.807, 2.05) is 20.8 Å². The summed E-state index contributed by atoms with van der Waals surface area (Å²) in [6, 6.07) is 0.886. The van der Waals surface area contributed by atoms with E-state index in [4.69, 9.17) is 4.74 Å². The molecule has 0 aromatic rings. The minimum absolute atomic E-state index is 0.232. The van der Waals surface area contributed by atoms with Crippen LogP contribution in [0.4, 0.5) is 4.79 Å². The third kappa shape index (κ3) is 5.39. The zero-order chi connectivity index (χ0) is 13.9. The van der Waals surface area contributed by atoms with E-state index in [2.05, 4.69) is 10.6 Å². The molecule has 0 aromatic heterocycles. The number of amides is 1. The first-order valence-electron chi connectivity index (χ1n) is 7.67. The molecule has 0 saturated heterocycles. The fourth-order valence-electron chi connectivity index (χ4n) is 2.72. The molecule has 0 spiro atoms. The molecular formula is C15H28N2O2. The summed E-state index contributed by atoms with van der Waals surface area (Å²) in [5.41, 5.74) is -0.420. The maximum absolute atomic E-state index is 11.8. The van der Waals surface area contributed by atoms with Gasteiger partial charge in [-0.2, -0.15) is 0 Å². The van der Waals surface area contributed by atoms with Crippen molar-refractivity contribution in [3.63, 3.8) is 0 Å². The number of carbonyl (C=O) groups is 1. The van der Waals surface area contributed by atoms with E-state index < -0.39 is 5.60 Å². The normalized spacial score (nSPS) is 22.3. The summed E-state index contributed by atoms with van der Waals surface area (Å²) >= 11 is 0. The van der Waals surface area contributed by atoms with Crippen LogP contribution in [0.15, 0.2) is 0 Å². The first-order chi connectivity index (χ1) is 8.94. The first kappa shape index (κ1) is 14.6. The predicted octanol–water partition coefficient (Wildman–Crippen LogP) is 2.82. The van der Waals surface area contributed by atoms with Crippen molar-refractivity contribution in [3.05, 3.63) is 0 Å². The van der Waals surface area contributed by atoms with Crippen LogP contribution in [0.3, 0.4) is 0 Å². The number of ether oxygens (including phenoxy) is 1. The van der Waals surface area contributed by atoms with Gasteiger partial charge in [0, 0.05) is 18.6 Å². The maximum atomic E-state index is 11.8. The van der Waals surface area contributed by atoms with Gasteiger partial charge < -0.3 is 15.4 Å². The summed E-state index contributed by atoms with van der Waals surface area (Å²) in [4.78, 5) is 11.8. The average molecular weight is 268 g/mol. The van der Waals surface area contributed by atoms with Crippen LogP contribution in [0.1, 0.15) is 59.3 Å². The molecule has 1 atom stereocenters. The molecule has 1 amide bonds. The van der Waals surface area contributed by atoms with E-state index in [0.29, 0.717) is 12.0 Å². The number of carbonyl (C=O) groups excluding carboxylic acids is 1. The van der Waals surface area contributed by atoms with Crippen molar-refractivity contribution in [3.8, 4) is 0 Å². The molecule has 4 heteroatoms. The number of hydrogen-bond donors (Lipinski definition) is 2. The molecule has 1 unspecified atom stereocenters. The van der Waals surface area contributed by atoms with Crippen LogP contribution in [0, 0.1) is 5.92 Å². The van der Waals surface area contributed by atoms with Crippen molar-refractivity contribution in [2.45, 2.75) is 77.0 Å². The molecular weight excluding hydrogens is 240 g/mol. The first-order valence-corrected chi connectivity index (χ1v) is 7.67. The monoisotopic (exact) mass is 268 g/mol. The molecule has 2 N–H and O–H groups in total. The molecule has 2 saturated carbocycles. The van der Waals surface area contributed by atoms with Crippen LogP contribution < -0.4 is 10.6 Å². The summed E-state index contributed by atoms with van der Waals surface area (Å²) in [6.07, 6.45) is 7.42. The number of hydrogen-bond acceptors (Lipinski definition) is 3. The van der Waals surface area contributed by atoms with Crippen LogP contribution in [0.2, 0.25) is 0 Å². The van der Waals surface area contributed by atoms with E-state index in [9.17, 15) is 4.79 Å². The van der Waals surface area contributed by atoms with Gasteiger partial charge in [-0.3, -0.25) is 0 Å². The molecule has 2 aliphatic rings. The van der Waals surface area contributed by atoms with Gasteiger partial charge >= 0.3 is 6.09 Å². The van der Waals surface area contributed by atoms with Crippen molar-refractivity contribution in [1.82, 2.24) is 10.6 Å². The molecule has 0 aromatic carbocycles. The highest BCUT2D eigenvalue weighted by atomic mass is 16.6. The lowest BCUT2D eigenvalue weighted by atomic mass is 10.1. The number of alkyl carbamates (subject to hydrolysis) is 1. The summed E-state index contributed by atoms with van der Waals surface area (Å²) in [5.74, 6) is 0.640. The second kappa shape index (κ2) is 6.12. The largest absolute Gasteiger partial charge is 0.444 e. The molecule has 0 bridgehead atoms. The topological polar surface area (TPSA) is 50.4 Å². The fraction of sp³-hybridized carbons (Fsp3) is 0.933. The van der Waals surface area contributed by atoms with Gasteiger partial charge in [0.2, 0.25) is 0 Å². The number of nitrogens with one attached hydrogen (secondary N) is 2. The van der Waals surface area contributed by atoms with Gasteiger partial charge in [-0.25, -0.2) is 4.79 Å². The molecule has 2 aliphatic carbocycles. The van der Waals surface area contributed by atoms with Gasteiger partial charge in [0.15, 0.2) is 0 Å². The van der Waals surface area contributed by atoms with Gasteiger partial charge in [0.05, 0.1) is 0 Å². The van der Waals surface area contributed by atoms with Gasteiger partial charge in [-0.05, 0) is 52.4 Å². The lowest BCUT2D eigenvalue weighted by molar-refractivity contribution is 0.0496. The second-order valence-corrected chi connectivity index (χ2v) is 6.98. The molecule has 19 heavy (non-hydrogen) atoms. The predicted molar refractivity (Wildman–Crippen MR) is 76.1 cm³/mol. The quantitative estimate of drug-likeness (QED) is 0.806. The Morgan fingerprint density at radius 3 is 2.37 bits per heavy atom. The molecule has 0 heterocycles. The Morgan fingerprint density at radius 1 is 1.21 bits per heavy atom. The van der Waals surface area contributed by atoms with Gasteiger partial charge in [0.25, 0.3) is 0 Å². The van der Waals surface area contributed by atoms with E-state index in [1.165, 1.54) is 38.5 Å². The highest BCUT2D eigenvalue weighted by Gasteiger charge is 2.33. The molecule has 0 radical (unpaired) electrons. The van der Waals surface area contributed by atoms with Gasteiger partial charge in [-0.1, -0.05) is 12.8 Å². The third-order valence-electron chi connectivity index (χ3n) is 3.87. The minimum atomic E-state index is -0.420. The minimum Gasteiger partial charge on any atom is -0.444 e. The molecule has 110 valence electrons. The smallest absolute Gasteiger partial charge is 0.407 e. The molecule has 0 aliphatic heterocycles. The van der Waals surface area contributed by atoms with Crippen molar-refractivity contribution < 1.29 is 9.53 Å². The van der Waals surface area contributed by atoms with Crippen LogP contribution in [-0.4, -0.2) is 30.3 Å². The zero-order valence-electron chi connectivity index (χ0n) is 12.5. The molecule has 2 fully saturated rings. The zero-order valence-corrected chi connectivity index (χ0v) is 12.5. The van der Waals surface area contributed by atoms with Gasteiger partial charge in [-0.15, -0.1) is 0 Å². The Labute approximate surface area is 116 Å². The van der Waals surface area contributed by atoms with Crippen molar-refractivity contribution in [2.75, 3.05) is 6.54 Å². The van der Waals surface area contributed by atoms with E-state index >= 15 is 0 Å². The Morgan fingerprint density at radius 2 is 1.84 bits per heavy atom. The van der Waals surface area contributed by atoms with Crippen molar-refractivity contribution in [1.29, 1.82) is 0 Å². The standard InChI is InChI=1S/C15H28N2O2/c1-15(2,3)19-14(18)17-13(11-8-9-11)10-16-12-6-4-5-7-12/h11-13,16H,4-10H2,1-3H3,(H,17,18). The lowest BCUT2D eigenvalue weighted by Crippen LogP contribution is -2.47. The van der Waals surface area contributed by atoms with Crippen LogP contribution in [0.25, 0.3) is 0 Å². The summed E-state index contributed by atoms with van der Waals surface area (Å²) in [5, 5.41) is 6.64. The third-order valence-corrected chi connectivity index (χ3v) is 3.87. The van der Waals surface area contributed by atoms with E-state index in [0.717, 1.165) is 6.54 Å². The Hall–Kier alpha value is -0.770. The van der Waals surface area contributed by atoms with E-state index in [-0.39, 0.29) is 12.1 Å². The van der Waals surface area contributed by atoms with Crippen LogP contribution >= 0.6 is 0 Å². The summed E-state index contributed by atoms with van der Waals surface area (Å²) in [7, 11) is 0. The summed E-state index contributed by atoms with van der Waals surface area (Å²) in [6.45, 7) is 6.58. The van der Waals surface area contributed by atoms with Crippen LogP contribution in [0.5, 0.6) is 0 Å². The highest BCUT2D eigenvalue weighted by Crippen LogP contribution is 2.32.